The number of nitrogens with zero attached hydrogens (tertiary/aromatic N) is 2. The fourth-order valence-corrected chi connectivity index (χ4v) is 6.09. The minimum absolute atomic E-state index is 1.04. The Kier molecular flexibility index (Phi) is 5.91. The van der Waals surface area contributed by atoms with Crippen molar-refractivity contribution in [2.45, 2.75) is 32.9 Å². The van der Waals surface area contributed by atoms with Crippen molar-refractivity contribution in [1.29, 1.82) is 0 Å². The van der Waals surface area contributed by atoms with Gasteiger partial charge in [0.25, 0.3) is 0 Å². The molecule has 0 aliphatic heterocycles. The number of para-hydroxylation sites is 2. The molecule has 0 amide bonds. The van der Waals surface area contributed by atoms with E-state index >= 15 is 0 Å². The Bertz CT molecular complexity index is 1100. The van der Waals surface area contributed by atoms with Crippen LogP contribution in [0.3, 0.4) is 0 Å². The van der Waals surface area contributed by atoms with Crippen LogP contribution in [0.15, 0.2) is 80.5 Å². The lowest BCUT2D eigenvalue weighted by Gasteiger charge is -2.14. The zero-order valence-corrected chi connectivity index (χ0v) is 17.8. The first-order valence-electron chi connectivity index (χ1n) is 8.92. The van der Waals surface area contributed by atoms with Crippen molar-refractivity contribution in [3.05, 3.63) is 60.9 Å². The fraction of sp³-hybridized carbons (Fsp3) is 0.182. The Morgan fingerprint density at radius 1 is 0.778 bits per heavy atom. The molecule has 0 saturated heterocycles. The third-order valence-electron chi connectivity index (χ3n) is 4.26. The van der Waals surface area contributed by atoms with Crippen LogP contribution in [-0.4, -0.2) is 22.0 Å². The van der Waals surface area contributed by atoms with E-state index in [1.807, 2.05) is 48.1 Å². The van der Waals surface area contributed by atoms with Gasteiger partial charge in [0.05, 0.1) is 11.0 Å². The molecular formula is C22H20N2S3. The highest BCUT2D eigenvalue weighted by molar-refractivity contribution is 8.03. The molecule has 0 bridgehead atoms. The molecule has 4 rings (SSSR count). The van der Waals surface area contributed by atoms with Crippen LogP contribution in [0, 0.1) is 0 Å². The third kappa shape index (κ3) is 3.82. The van der Waals surface area contributed by atoms with Crippen molar-refractivity contribution >= 4 is 57.1 Å². The van der Waals surface area contributed by atoms with Crippen molar-refractivity contribution in [2.24, 2.45) is 0 Å². The Morgan fingerprint density at radius 3 is 2.00 bits per heavy atom. The molecule has 2 aromatic heterocycles. The summed E-state index contributed by atoms with van der Waals surface area (Å²) in [6.07, 6.45) is 7.33. The largest absolute Gasteiger partial charge is 0.255 e. The minimum Gasteiger partial charge on any atom is -0.255 e. The van der Waals surface area contributed by atoms with E-state index in [0.717, 1.165) is 23.2 Å². The third-order valence-corrected chi connectivity index (χ3v) is 7.78. The summed E-state index contributed by atoms with van der Waals surface area (Å²) in [5.74, 6) is 1.10. The number of hydrogen-bond acceptors (Lipinski definition) is 5. The molecule has 2 aromatic carbocycles. The van der Waals surface area contributed by atoms with Crippen LogP contribution in [0.2, 0.25) is 0 Å². The maximum absolute atomic E-state index is 4.70. The van der Waals surface area contributed by atoms with E-state index in [1.165, 1.54) is 30.4 Å². The molecular weight excluding hydrogens is 388 g/mol. The molecule has 4 aromatic rings. The van der Waals surface area contributed by atoms with Crippen molar-refractivity contribution in [3.8, 4) is 0 Å². The molecule has 0 N–H and O–H groups in total. The number of pyridine rings is 2. The maximum Gasteiger partial charge on any atom is 0.0714 e. The topological polar surface area (TPSA) is 25.8 Å². The smallest absolute Gasteiger partial charge is 0.0714 e. The molecule has 0 fully saturated rings. The van der Waals surface area contributed by atoms with E-state index < -0.39 is 0 Å². The Labute approximate surface area is 172 Å². The van der Waals surface area contributed by atoms with Crippen molar-refractivity contribution in [2.75, 3.05) is 12.0 Å². The van der Waals surface area contributed by atoms with Crippen LogP contribution in [0.1, 0.15) is 13.3 Å². The molecule has 0 radical (unpaired) electrons. The molecule has 2 heterocycles. The van der Waals surface area contributed by atoms with Crippen molar-refractivity contribution < 1.29 is 0 Å². The normalized spacial score (nSPS) is 11.3. The summed E-state index contributed by atoms with van der Waals surface area (Å²) in [7, 11) is 0. The van der Waals surface area contributed by atoms with E-state index in [0.29, 0.717) is 0 Å². The van der Waals surface area contributed by atoms with Crippen LogP contribution in [0.4, 0.5) is 0 Å². The van der Waals surface area contributed by atoms with E-state index in [9.17, 15) is 0 Å². The number of thioether (sulfide) groups is 2. The predicted molar refractivity (Wildman–Crippen MR) is 120 cm³/mol. The van der Waals surface area contributed by atoms with E-state index in [1.54, 1.807) is 11.8 Å². The Balaban J connectivity index is 1.86. The van der Waals surface area contributed by atoms with Gasteiger partial charge in [0.1, 0.15) is 0 Å². The number of aromatic nitrogens is 2. The van der Waals surface area contributed by atoms with Gasteiger partial charge in [-0.15, -0.1) is 23.5 Å². The molecule has 5 heteroatoms. The van der Waals surface area contributed by atoms with Crippen LogP contribution < -0.4 is 0 Å². The predicted octanol–water partition coefficient (Wildman–Crippen LogP) is 7.16. The van der Waals surface area contributed by atoms with Crippen molar-refractivity contribution in [3.63, 3.8) is 0 Å². The van der Waals surface area contributed by atoms with Gasteiger partial charge in [0.15, 0.2) is 0 Å². The van der Waals surface area contributed by atoms with Crippen LogP contribution in [-0.2, 0) is 0 Å². The maximum atomic E-state index is 4.70. The first kappa shape index (κ1) is 18.7. The van der Waals surface area contributed by atoms with Crippen LogP contribution in [0.25, 0.3) is 21.8 Å². The highest BCUT2D eigenvalue weighted by atomic mass is 32.2. The number of rotatable bonds is 6. The number of benzene rings is 2. The average Bonchev–Trinajstić information content (AvgIpc) is 2.73. The summed E-state index contributed by atoms with van der Waals surface area (Å²) >= 11 is 5.49. The number of fused-ring (bicyclic) bond motifs is 2. The second-order valence-corrected chi connectivity index (χ2v) is 9.10. The second-order valence-electron chi connectivity index (χ2n) is 6.09. The lowest BCUT2D eigenvalue weighted by atomic mass is 10.2. The van der Waals surface area contributed by atoms with Gasteiger partial charge in [-0.3, -0.25) is 9.97 Å². The lowest BCUT2D eigenvalue weighted by Crippen LogP contribution is -1.90. The van der Waals surface area contributed by atoms with E-state index in [4.69, 9.17) is 4.98 Å². The summed E-state index contributed by atoms with van der Waals surface area (Å²) in [6.45, 7) is 2.22. The highest BCUT2D eigenvalue weighted by Gasteiger charge is 2.15. The molecule has 0 aliphatic rings. The molecule has 136 valence electrons. The quantitative estimate of drug-likeness (QED) is 0.315. The van der Waals surface area contributed by atoms with Gasteiger partial charge in [-0.25, -0.2) is 0 Å². The van der Waals surface area contributed by atoms with Gasteiger partial charge in [-0.1, -0.05) is 55.1 Å². The summed E-state index contributed by atoms with van der Waals surface area (Å²) in [6, 6.07) is 16.8. The van der Waals surface area contributed by atoms with Crippen molar-refractivity contribution in [1.82, 2.24) is 9.97 Å². The van der Waals surface area contributed by atoms with E-state index in [2.05, 4.69) is 54.6 Å². The highest BCUT2D eigenvalue weighted by Crippen LogP contribution is 2.44. The lowest BCUT2D eigenvalue weighted by molar-refractivity contribution is 1.09. The minimum atomic E-state index is 1.04. The molecule has 0 atom stereocenters. The van der Waals surface area contributed by atoms with Gasteiger partial charge in [0, 0.05) is 42.7 Å². The van der Waals surface area contributed by atoms with Gasteiger partial charge in [-0.05, 0) is 30.6 Å². The first-order chi connectivity index (χ1) is 13.3. The first-order valence-corrected chi connectivity index (χ1v) is 11.9. The van der Waals surface area contributed by atoms with Crippen LogP contribution in [0.5, 0.6) is 0 Å². The second kappa shape index (κ2) is 8.55. The van der Waals surface area contributed by atoms with Gasteiger partial charge >= 0.3 is 0 Å². The molecule has 0 unspecified atom stereocenters. The molecule has 0 saturated carbocycles. The SMILES string of the molecule is CCCSc1cnc2ccccc2c1Sc1cnc2ccccc2c1SC. The average molecular weight is 409 g/mol. The summed E-state index contributed by atoms with van der Waals surface area (Å²) in [4.78, 5) is 14.4. The molecule has 27 heavy (non-hydrogen) atoms. The Morgan fingerprint density at radius 2 is 1.37 bits per heavy atom. The standard InChI is InChI=1S/C22H20N2S3/c1-3-12-26-19-13-23-18-11-7-5-9-16(18)22(19)27-20-14-24-17-10-6-4-8-15(17)21(20)25-2/h4-11,13-14H,3,12H2,1-2H3. The Hall–Kier alpha value is -1.69. The van der Waals surface area contributed by atoms with Crippen LogP contribution >= 0.6 is 35.3 Å². The fourth-order valence-electron chi connectivity index (χ4n) is 3.01. The van der Waals surface area contributed by atoms with Gasteiger partial charge in [0.2, 0.25) is 0 Å². The zero-order chi connectivity index (χ0) is 18.6. The van der Waals surface area contributed by atoms with E-state index in [-0.39, 0.29) is 0 Å². The van der Waals surface area contributed by atoms with Gasteiger partial charge < -0.3 is 0 Å². The van der Waals surface area contributed by atoms with Gasteiger partial charge in [-0.2, -0.15) is 0 Å². The molecule has 0 spiro atoms. The summed E-state index contributed by atoms with van der Waals surface area (Å²) < 4.78 is 0. The zero-order valence-electron chi connectivity index (χ0n) is 15.3. The summed E-state index contributed by atoms with van der Waals surface area (Å²) in [5.41, 5.74) is 2.09. The summed E-state index contributed by atoms with van der Waals surface area (Å²) in [5, 5.41) is 2.43. The molecule has 0 aliphatic carbocycles. The monoisotopic (exact) mass is 408 g/mol. The number of hydrogen-bond donors (Lipinski definition) is 0. The molecule has 2 nitrogen and oxygen atoms in total.